The zero-order chi connectivity index (χ0) is 28.4. The second-order valence-electron chi connectivity index (χ2n) is 8.93. The second kappa shape index (κ2) is 11.0. The molecule has 1 aromatic heterocycles. The number of ether oxygens (including phenoxy) is 1. The third-order valence-corrected chi connectivity index (χ3v) is 9.73. The van der Waals surface area contributed by atoms with Gasteiger partial charge in [0.05, 0.1) is 28.3 Å². The summed E-state index contributed by atoms with van der Waals surface area (Å²) in [6.45, 7) is 4.79. The van der Waals surface area contributed by atoms with Crippen LogP contribution in [0.2, 0.25) is 0 Å². The summed E-state index contributed by atoms with van der Waals surface area (Å²) in [6, 6.07) is 19.4. The van der Waals surface area contributed by atoms with Crippen LogP contribution < -0.4 is 8.61 Å². The third-order valence-electron chi connectivity index (χ3n) is 6.19. The van der Waals surface area contributed by atoms with E-state index in [0.717, 1.165) is 19.7 Å². The van der Waals surface area contributed by atoms with Crippen LogP contribution in [-0.2, 0) is 29.6 Å². The maximum atomic E-state index is 13.8. The lowest BCUT2D eigenvalue weighted by Crippen LogP contribution is -2.37. The highest BCUT2D eigenvalue weighted by Gasteiger charge is 2.31. The van der Waals surface area contributed by atoms with E-state index in [4.69, 9.17) is 4.74 Å². The second-order valence-corrected chi connectivity index (χ2v) is 12.8. The van der Waals surface area contributed by atoms with Gasteiger partial charge in [0, 0.05) is 17.8 Å². The minimum Gasteiger partial charge on any atom is -0.465 e. The number of benzene rings is 3. The Kier molecular flexibility index (Phi) is 7.94. The van der Waals surface area contributed by atoms with E-state index < -0.39 is 32.6 Å². The van der Waals surface area contributed by atoms with Crippen molar-refractivity contribution in [1.82, 2.24) is 4.98 Å². The van der Waals surface area contributed by atoms with E-state index in [0.29, 0.717) is 10.8 Å². The first kappa shape index (κ1) is 28.1. The van der Waals surface area contributed by atoms with Crippen molar-refractivity contribution in [2.75, 3.05) is 28.8 Å². The molecular formula is C28H29N3O6S2. The molecule has 0 spiro atoms. The van der Waals surface area contributed by atoms with Crippen LogP contribution >= 0.6 is 0 Å². The molecule has 0 N–H and O–H groups in total. The molecule has 0 aliphatic heterocycles. The third kappa shape index (κ3) is 5.59. The van der Waals surface area contributed by atoms with Gasteiger partial charge >= 0.3 is 5.97 Å². The van der Waals surface area contributed by atoms with Gasteiger partial charge in [0.2, 0.25) is 0 Å². The molecule has 11 heteroatoms. The molecule has 0 saturated carbocycles. The maximum absolute atomic E-state index is 13.8. The van der Waals surface area contributed by atoms with Gasteiger partial charge in [0.25, 0.3) is 20.0 Å². The van der Waals surface area contributed by atoms with Crippen LogP contribution in [0.4, 0.5) is 11.5 Å². The van der Waals surface area contributed by atoms with Crippen LogP contribution in [0.1, 0.15) is 18.1 Å². The normalized spacial score (nSPS) is 11.8. The molecule has 204 valence electrons. The SMILES string of the molecule is CCOC(=O)CN(c1ncc(N(C)S(=O)(=O)c2ccc(C)cc2)c2ccccc12)S(=O)(=O)c1ccc(C)cc1. The molecule has 4 aromatic rings. The van der Waals surface area contributed by atoms with Crippen LogP contribution in [-0.4, -0.2) is 48.0 Å². The lowest BCUT2D eigenvalue weighted by molar-refractivity contribution is -0.141. The van der Waals surface area contributed by atoms with Crippen molar-refractivity contribution in [3.63, 3.8) is 0 Å². The molecule has 39 heavy (non-hydrogen) atoms. The Morgan fingerprint density at radius 1 is 0.795 bits per heavy atom. The van der Waals surface area contributed by atoms with Gasteiger partial charge < -0.3 is 4.74 Å². The first-order valence-electron chi connectivity index (χ1n) is 12.1. The van der Waals surface area contributed by atoms with Crippen molar-refractivity contribution in [1.29, 1.82) is 0 Å². The summed E-state index contributed by atoms with van der Waals surface area (Å²) in [5.74, 6) is -0.772. The molecule has 0 aliphatic rings. The number of nitrogens with zero attached hydrogens (tertiary/aromatic N) is 3. The molecule has 0 radical (unpaired) electrons. The number of sulfonamides is 2. The van der Waals surface area contributed by atoms with Gasteiger partial charge in [-0.15, -0.1) is 0 Å². The van der Waals surface area contributed by atoms with Crippen LogP contribution in [0.15, 0.2) is 88.8 Å². The first-order valence-corrected chi connectivity index (χ1v) is 15.0. The number of anilines is 2. The van der Waals surface area contributed by atoms with E-state index in [1.165, 1.54) is 37.5 Å². The van der Waals surface area contributed by atoms with E-state index in [-0.39, 0.29) is 27.9 Å². The van der Waals surface area contributed by atoms with Gasteiger partial charge in [-0.2, -0.15) is 0 Å². The minimum atomic E-state index is -4.25. The van der Waals surface area contributed by atoms with Crippen molar-refractivity contribution < 1.29 is 26.4 Å². The van der Waals surface area contributed by atoms with E-state index in [2.05, 4.69) is 4.98 Å². The van der Waals surface area contributed by atoms with E-state index in [9.17, 15) is 21.6 Å². The molecule has 0 amide bonds. The first-order chi connectivity index (χ1) is 18.5. The molecule has 3 aromatic carbocycles. The summed E-state index contributed by atoms with van der Waals surface area (Å²) in [7, 11) is -6.78. The lowest BCUT2D eigenvalue weighted by atomic mass is 10.1. The van der Waals surface area contributed by atoms with Crippen molar-refractivity contribution in [3.05, 3.63) is 90.1 Å². The van der Waals surface area contributed by atoms with Crippen molar-refractivity contribution >= 4 is 48.3 Å². The fraction of sp³-hybridized carbons (Fsp3) is 0.214. The Morgan fingerprint density at radius 3 is 1.85 bits per heavy atom. The standard InChI is InChI=1S/C28H29N3O6S2/c1-5-37-27(32)19-31(39(35,36)23-16-12-21(3)13-17-23)28-25-9-7-6-8-24(25)26(18-29-28)30(4)38(33,34)22-14-10-20(2)11-15-22/h6-18H,5,19H2,1-4H3. The summed E-state index contributed by atoms with van der Waals surface area (Å²) in [5, 5.41) is 0.787. The maximum Gasteiger partial charge on any atom is 0.326 e. The van der Waals surface area contributed by atoms with Gasteiger partial charge in [-0.05, 0) is 45.0 Å². The van der Waals surface area contributed by atoms with Gasteiger partial charge in [0.15, 0.2) is 5.82 Å². The van der Waals surface area contributed by atoms with Crippen LogP contribution in [0.25, 0.3) is 10.8 Å². The van der Waals surface area contributed by atoms with Crippen molar-refractivity contribution in [3.8, 4) is 0 Å². The smallest absolute Gasteiger partial charge is 0.326 e. The molecule has 4 rings (SSSR count). The van der Waals surface area contributed by atoms with Gasteiger partial charge in [0.1, 0.15) is 6.54 Å². The summed E-state index contributed by atoms with van der Waals surface area (Å²) in [4.78, 5) is 17.0. The van der Waals surface area contributed by atoms with Crippen LogP contribution in [0.5, 0.6) is 0 Å². The Hall–Kier alpha value is -3.96. The molecule has 0 bridgehead atoms. The van der Waals surface area contributed by atoms with E-state index in [1.54, 1.807) is 55.5 Å². The van der Waals surface area contributed by atoms with Gasteiger partial charge in [-0.25, -0.2) is 26.1 Å². The topological polar surface area (TPSA) is 114 Å². The van der Waals surface area contributed by atoms with Crippen LogP contribution in [0, 0.1) is 13.8 Å². The molecule has 0 unspecified atom stereocenters. The van der Waals surface area contributed by atoms with Gasteiger partial charge in [-0.3, -0.25) is 9.10 Å². The average Bonchev–Trinajstić information content (AvgIpc) is 2.91. The molecule has 1 heterocycles. The number of rotatable bonds is 9. The number of aromatic nitrogens is 1. The van der Waals surface area contributed by atoms with Crippen molar-refractivity contribution in [2.24, 2.45) is 0 Å². The highest BCUT2D eigenvalue weighted by atomic mass is 32.2. The molecule has 0 atom stereocenters. The summed E-state index contributed by atoms with van der Waals surface area (Å²) in [5.41, 5.74) is 2.04. The number of carbonyl (C=O) groups is 1. The predicted octanol–water partition coefficient (Wildman–Crippen LogP) is 4.44. The number of hydrogen-bond acceptors (Lipinski definition) is 7. The van der Waals surface area contributed by atoms with Crippen LogP contribution in [0.3, 0.4) is 0 Å². The molecule has 0 aliphatic carbocycles. The number of aryl methyl sites for hydroxylation is 2. The fourth-order valence-corrected chi connectivity index (χ4v) is 6.63. The van der Waals surface area contributed by atoms with Crippen molar-refractivity contribution in [2.45, 2.75) is 30.6 Å². The number of hydrogen-bond donors (Lipinski definition) is 0. The number of pyridine rings is 1. The molecular weight excluding hydrogens is 538 g/mol. The minimum absolute atomic E-state index is 0.0218. The molecule has 0 saturated heterocycles. The predicted molar refractivity (Wildman–Crippen MR) is 151 cm³/mol. The number of esters is 1. The number of carbonyl (C=O) groups excluding carboxylic acids is 1. The number of fused-ring (bicyclic) bond motifs is 1. The Bertz CT molecular complexity index is 1720. The molecule has 9 nitrogen and oxygen atoms in total. The highest BCUT2D eigenvalue weighted by molar-refractivity contribution is 7.93. The Balaban J connectivity index is 1.88. The monoisotopic (exact) mass is 567 g/mol. The Labute approximate surface area is 228 Å². The fourth-order valence-electron chi connectivity index (χ4n) is 4.05. The van der Waals surface area contributed by atoms with E-state index in [1.807, 2.05) is 13.8 Å². The molecule has 0 fully saturated rings. The summed E-state index contributed by atoms with van der Waals surface area (Å²) in [6.07, 6.45) is 1.30. The van der Waals surface area contributed by atoms with E-state index >= 15 is 0 Å². The Morgan fingerprint density at radius 2 is 1.31 bits per heavy atom. The highest BCUT2D eigenvalue weighted by Crippen LogP contribution is 2.36. The summed E-state index contributed by atoms with van der Waals surface area (Å²) < 4.78 is 61.5. The van der Waals surface area contributed by atoms with Gasteiger partial charge in [-0.1, -0.05) is 59.7 Å². The summed E-state index contributed by atoms with van der Waals surface area (Å²) >= 11 is 0. The largest absolute Gasteiger partial charge is 0.465 e. The quantitative estimate of drug-likeness (QED) is 0.275. The lowest BCUT2D eigenvalue weighted by Gasteiger charge is -2.26. The average molecular weight is 568 g/mol. The zero-order valence-electron chi connectivity index (χ0n) is 22.0. The zero-order valence-corrected chi connectivity index (χ0v) is 23.7.